The van der Waals surface area contributed by atoms with Gasteiger partial charge in [0.15, 0.2) is 0 Å². The van der Waals surface area contributed by atoms with E-state index in [0.717, 1.165) is 17.4 Å². The number of amides is 1. The molecule has 2 N–H and O–H groups in total. The van der Waals surface area contributed by atoms with Gasteiger partial charge in [0.05, 0.1) is 0 Å². The molecule has 1 amide bonds. The number of halogens is 1. The van der Waals surface area contributed by atoms with Crippen LogP contribution >= 0.6 is 15.9 Å². The van der Waals surface area contributed by atoms with Gasteiger partial charge in [-0.15, -0.1) is 0 Å². The third kappa shape index (κ3) is 5.32. The van der Waals surface area contributed by atoms with Crippen LogP contribution < -0.4 is 10.6 Å². The molecule has 0 radical (unpaired) electrons. The van der Waals surface area contributed by atoms with Crippen molar-refractivity contribution in [1.82, 2.24) is 10.6 Å². The second-order valence-corrected chi connectivity index (χ2v) is 7.43. The fourth-order valence-electron chi connectivity index (χ4n) is 2.08. The predicted octanol–water partition coefficient (Wildman–Crippen LogP) is 3.51. The van der Waals surface area contributed by atoms with Gasteiger partial charge < -0.3 is 15.4 Å². The number of carbonyl (C=O) groups excluding carboxylic acids is 1. The van der Waals surface area contributed by atoms with E-state index in [4.69, 9.17) is 4.74 Å². The first-order valence-electron chi connectivity index (χ1n) is 7.22. The van der Waals surface area contributed by atoms with Gasteiger partial charge in [0.1, 0.15) is 5.60 Å². The Morgan fingerprint density at radius 3 is 2.71 bits per heavy atom. The molecule has 1 fully saturated rings. The molecule has 1 aromatic carbocycles. The molecule has 0 saturated heterocycles. The second kappa shape index (κ2) is 6.36. The molecule has 1 aromatic rings. The molecule has 116 valence electrons. The molecule has 21 heavy (non-hydrogen) atoms. The molecule has 2 atom stereocenters. The second-order valence-electron chi connectivity index (χ2n) is 6.57. The minimum absolute atomic E-state index is 0.170. The summed E-state index contributed by atoms with van der Waals surface area (Å²) in [5.41, 5.74) is 2.01. The van der Waals surface area contributed by atoms with Gasteiger partial charge in [-0.05, 0) is 51.3 Å². The number of rotatable bonds is 4. The van der Waals surface area contributed by atoms with Crippen LogP contribution in [-0.4, -0.2) is 23.8 Å². The molecule has 0 spiro atoms. The van der Waals surface area contributed by atoms with Gasteiger partial charge in [0.25, 0.3) is 0 Å². The van der Waals surface area contributed by atoms with Crippen molar-refractivity contribution in [3.63, 3.8) is 0 Å². The van der Waals surface area contributed by atoms with Crippen LogP contribution in [0.5, 0.6) is 0 Å². The van der Waals surface area contributed by atoms with Gasteiger partial charge in [-0.3, -0.25) is 0 Å². The van der Waals surface area contributed by atoms with Crippen molar-refractivity contribution in [2.24, 2.45) is 0 Å². The van der Waals surface area contributed by atoms with Gasteiger partial charge in [0, 0.05) is 23.1 Å². The highest BCUT2D eigenvalue weighted by Gasteiger charge is 2.38. The van der Waals surface area contributed by atoms with Crippen LogP contribution in [0.15, 0.2) is 22.7 Å². The van der Waals surface area contributed by atoms with Gasteiger partial charge in [-0.25, -0.2) is 4.79 Å². The monoisotopic (exact) mass is 354 g/mol. The van der Waals surface area contributed by atoms with Crippen molar-refractivity contribution in [2.75, 3.05) is 0 Å². The number of nitrogens with one attached hydrogen (secondary N) is 2. The number of carbonyl (C=O) groups is 1. The smallest absolute Gasteiger partial charge is 0.407 e. The van der Waals surface area contributed by atoms with Gasteiger partial charge in [-0.2, -0.15) is 0 Å². The fourth-order valence-corrected chi connectivity index (χ4v) is 2.71. The van der Waals surface area contributed by atoms with Crippen LogP contribution in [0, 0.1) is 6.92 Å². The Labute approximate surface area is 134 Å². The number of hydrogen-bond donors (Lipinski definition) is 2. The van der Waals surface area contributed by atoms with E-state index in [0.29, 0.717) is 6.04 Å². The van der Waals surface area contributed by atoms with Crippen molar-refractivity contribution >= 4 is 22.0 Å². The molecular formula is C16H23BrN2O2. The molecule has 1 aliphatic carbocycles. The third-order valence-corrected chi connectivity index (χ3v) is 3.99. The van der Waals surface area contributed by atoms with E-state index in [9.17, 15) is 4.79 Å². The Kier molecular flexibility index (Phi) is 4.94. The van der Waals surface area contributed by atoms with E-state index in [1.807, 2.05) is 20.8 Å². The number of aryl methyl sites for hydroxylation is 1. The Morgan fingerprint density at radius 2 is 2.10 bits per heavy atom. The summed E-state index contributed by atoms with van der Waals surface area (Å²) in [5.74, 6) is 0. The van der Waals surface area contributed by atoms with Crippen LogP contribution in [0.3, 0.4) is 0 Å². The van der Waals surface area contributed by atoms with Crippen LogP contribution in [0.2, 0.25) is 0 Å². The molecule has 2 unspecified atom stereocenters. The van der Waals surface area contributed by atoms with Crippen LogP contribution in [0.25, 0.3) is 0 Å². The number of hydrogen-bond acceptors (Lipinski definition) is 3. The zero-order chi connectivity index (χ0) is 15.6. The van der Waals surface area contributed by atoms with Crippen molar-refractivity contribution in [2.45, 2.75) is 58.3 Å². The molecule has 1 saturated carbocycles. The summed E-state index contributed by atoms with van der Waals surface area (Å²) in [6.45, 7) is 8.46. The number of alkyl carbamates (subject to hydrolysis) is 1. The summed E-state index contributed by atoms with van der Waals surface area (Å²) in [5, 5.41) is 6.34. The van der Waals surface area contributed by atoms with Crippen LogP contribution in [-0.2, 0) is 11.3 Å². The van der Waals surface area contributed by atoms with Crippen molar-refractivity contribution in [3.05, 3.63) is 33.8 Å². The molecule has 0 heterocycles. The number of benzene rings is 1. The standard InChI is InChI=1S/C16H23BrN2O2/c1-10-5-6-11(12(17)7-10)9-18-13-8-14(13)19-15(20)21-16(2,3)4/h5-7,13-14,18H,8-9H2,1-4H3,(H,19,20). The molecule has 4 nitrogen and oxygen atoms in total. The van der Waals surface area contributed by atoms with Gasteiger partial charge in [0.2, 0.25) is 0 Å². The van der Waals surface area contributed by atoms with Crippen molar-refractivity contribution < 1.29 is 9.53 Å². The Bertz CT molecular complexity index is 525. The highest BCUT2D eigenvalue weighted by molar-refractivity contribution is 9.10. The minimum Gasteiger partial charge on any atom is -0.444 e. The molecule has 5 heteroatoms. The molecule has 0 bridgehead atoms. The average molecular weight is 355 g/mol. The average Bonchev–Trinajstić information content (AvgIpc) is 3.03. The maximum Gasteiger partial charge on any atom is 0.407 e. The highest BCUT2D eigenvalue weighted by Crippen LogP contribution is 2.24. The van der Waals surface area contributed by atoms with E-state index < -0.39 is 5.60 Å². The SMILES string of the molecule is Cc1ccc(CNC2CC2NC(=O)OC(C)(C)C)c(Br)c1. The van der Waals surface area contributed by atoms with Gasteiger partial charge >= 0.3 is 6.09 Å². The first-order chi connectivity index (χ1) is 9.74. The molecular weight excluding hydrogens is 332 g/mol. The van der Waals surface area contributed by atoms with Gasteiger partial charge in [-0.1, -0.05) is 28.1 Å². The minimum atomic E-state index is -0.450. The highest BCUT2D eigenvalue weighted by atomic mass is 79.9. The zero-order valence-corrected chi connectivity index (χ0v) is 14.6. The summed E-state index contributed by atoms with van der Waals surface area (Å²) in [4.78, 5) is 11.7. The molecule has 2 rings (SSSR count). The lowest BCUT2D eigenvalue weighted by Gasteiger charge is -2.19. The van der Waals surface area contributed by atoms with E-state index in [-0.39, 0.29) is 12.1 Å². The van der Waals surface area contributed by atoms with E-state index >= 15 is 0 Å². The van der Waals surface area contributed by atoms with E-state index in [2.05, 4.69) is 51.7 Å². The predicted molar refractivity (Wildman–Crippen MR) is 87.3 cm³/mol. The normalized spacial score (nSPS) is 21.0. The number of ether oxygens (including phenoxy) is 1. The summed E-state index contributed by atoms with van der Waals surface area (Å²) in [6.07, 6.45) is 0.608. The third-order valence-electron chi connectivity index (χ3n) is 3.26. The largest absolute Gasteiger partial charge is 0.444 e. The first kappa shape index (κ1) is 16.3. The quantitative estimate of drug-likeness (QED) is 0.869. The Hall–Kier alpha value is -1.07. The van der Waals surface area contributed by atoms with Crippen molar-refractivity contribution in [3.8, 4) is 0 Å². The lowest BCUT2D eigenvalue weighted by molar-refractivity contribution is 0.0522. The lowest BCUT2D eigenvalue weighted by Crippen LogP contribution is -2.36. The summed E-state index contributed by atoms with van der Waals surface area (Å²) in [6, 6.07) is 6.83. The Morgan fingerprint density at radius 1 is 1.38 bits per heavy atom. The first-order valence-corrected chi connectivity index (χ1v) is 8.02. The molecule has 0 aliphatic heterocycles. The van der Waals surface area contributed by atoms with Crippen LogP contribution in [0.4, 0.5) is 4.79 Å². The fraction of sp³-hybridized carbons (Fsp3) is 0.562. The summed E-state index contributed by atoms with van der Waals surface area (Å²) < 4.78 is 6.36. The molecule has 0 aromatic heterocycles. The van der Waals surface area contributed by atoms with Crippen LogP contribution in [0.1, 0.15) is 38.3 Å². The Balaban J connectivity index is 1.74. The van der Waals surface area contributed by atoms with Crippen molar-refractivity contribution in [1.29, 1.82) is 0 Å². The van der Waals surface area contributed by atoms with E-state index in [1.165, 1.54) is 11.1 Å². The maximum atomic E-state index is 11.7. The molecule has 1 aliphatic rings. The van der Waals surface area contributed by atoms with E-state index in [1.54, 1.807) is 0 Å². The zero-order valence-electron chi connectivity index (χ0n) is 13.0. The summed E-state index contributed by atoms with van der Waals surface area (Å²) in [7, 11) is 0. The topological polar surface area (TPSA) is 50.4 Å². The lowest BCUT2D eigenvalue weighted by atomic mass is 10.1. The maximum absolute atomic E-state index is 11.7. The summed E-state index contributed by atoms with van der Waals surface area (Å²) >= 11 is 3.58.